The Balaban J connectivity index is 1.85. The zero-order valence-corrected chi connectivity index (χ0v) is 12.8. The summed E-state index contributed by atoms with van der Waals surface area (Å²) in [6.07, 6.45) is 2.47. The lowest BCUT2D eigenvalue weighted by molar-refractivity contribution is 0.0547. The predicted molar refractivity (Wildman–Crippen MR) is 75.6 cm³/mol. The van der Waals surface area contributed by atoms with E-state index in [2.05, 4.69) is 38.0 Å². The molecule has 0 aromatic carbocycles. The Labute approximate surface area is 117 Å². The molecule has 1 N–H and O–H groups in total. The molecule has 1 aromatic rings. The van der Waals surface area contributed by atoms with Crippen molar-refractivity contribution in [3.05, 3.63) is 15.9 Å². The monoisotopic (exact) mass is 315 g/mol. The van der Waals surface area contributed by atoms with E-state index in [4.69, 9.17) is 4.74 Å². The van der Waals surface area contributed by atoms with E-state index < -0.39 is 0 Å². The maximum atomic E-state index is 5.49. The Morgan fingerprint density at radius 3 is 3.06 bits per heavy atom. The molecule has 1 fully saturated rings. The standard InChI is InChI=1S/C13H22BrN3O/c1-3-17-12(13(14)10(2)16-17)8-15-7-11-5-4-6-18-9-11/h11,15H,3-9H2,1-2H3. The van der Waals surface area contributed by atoms with Crippen LogP contribution in [0.25, 0.3) is 0 Å². The minimum Gasteiger partial charge on any atom is -0.381 e. The SMILES string of the molecule is CCn1nc(C)c(Br)c1CNCC1CCCOC1. The molecule has 2 heterocycles. The zero-order valence-electron chi connectivity index (χ0n) is 11.2. The first-order valence-electron chi connectivity index (χ1n) is 6.72. The molecule has 5 heteroatoms. The van der Waals surface area contributed by atoms with Crippen molar-refractivity contribution in [2.45, 2.75) is 39.8 Å². The summed E-state index contributed by atoms with van der Waals surface area (Å²) in [7, 11) is 0. The van der Waals surface area contributed by atoms with Crippen molar-refractivity contribution in [2.24, 2.45) is 5.92 Å². The van der Waals surface area contributed by atoms with E-state index in [9.17, 15) is 0 Å². The third-order valence-corrected chi connectivity index (χ3v) is 4.46. The molecule has 102 valence electrons. The third-order valence-electron chi connectivity index (χ3n) is 3.43. The van der Waals surface area contributed by atoms with Crippen LogP contribution < -0.4 is 5.32 Å². The average molecular weight is 316 g/mol. The minimum absolute atomic E-state index is 0.664. The highest BCUT2D eigenvalue weighted by Crippen LogP contribution is 2.21. The van der Waals surface area contributed by atoms with Crippen LogP contribution in [0.2, 0.25) is 0 Å². The van der Waals surface area contributed by atoms with Crippen LogP contribution in [0.3, 0.4) is 0 Å². The summed E-state index contributed by atoms with van der Waals surface area (Å²) in [6, 6.07) is 0. The van der Waals surface area contributed by atoms with E-state index >= 15 is 0 Å². The van der Waals surface area contributed by atoms with Gasteiger partial charge in [-0.05, 0) is 48.5 Å². The Kier molecular flexibility index (Phi) is 5.21. The van der Waals surface area contributed by atoms with Crippen LogP contribution in [0.15, 0.2) is 4.47 Å². The molecule has 0 spiro atoms. The van der Waals surface area contributed by atoms with E-state index in [0.717, 1.165) is 43.0 Å². The van der Waals surface area contributed by atoms with Crippen molar-refractivity contribution >= 4 is 15.9 Å². The van der Waals surface area contributed by atoms with Gasteiger partial charge < -0.3 is 10.1 Å². The fraction of sp³-hybridized carbons (Fsp3) is 0.769. The van der Waals surface area contributed by atoms with Gasteiger partial charge in [0.2, 0.25) is 0 Å². The Bertz CT molecular complexity index is 386. The molecule has 1 aliphatic rings. The highest BCUT2D eigenvalue weighted by Gasteiger charge is 2.15. The van der Waals surface area contributed by atoms with Crippen molar-refractivity contribution in [3.8, 4) is 0 Å². The summed E-state index contributed by atoms with van der Waals surface area (Å²) in [6.45, 7) is 8.80. The highest BCUT2D eigenvalue weighted by molar-refractivity contribution is 9.10. The number of nitrogens with zero attached hydrogens (tertiary/aromatic N) is 2. The second kappa shape index (κ2) is 6.68. The molecule has 2 rings (SSSR count). The summed E-state index contributed by atoms with van der Waals surface area (Å²) < 4.78 is 8.69. The number of rotatable bonds is 5. The molecule has 1 saturated heterocycles. The molecule has 0 saturated carbocycles. The minimum atomic E-state index is 0.664. The third kappa shape index (κ3) is 3.33. The molecule has 4 nitrogen and oxygen atoms in total. The lowest BCUT2D eigenvalue weighted by Crippen LogP contribution is -2.29. The first kappa shape index (κ1) is 14.0. The number of aromatic nitrogens is 2. The van der Waals surface area contributed by atoms with Crippen molar-refractivity contribution in [2.75, 3.05) is 19.8 Å². The van der Waals surface area contributed by atoms with Crippen LogP contribution in [0.1, 0.15) is 31.2 Å². The fourth-order valence-electron chi connectivity index (χ4n) is 2.40. The Morgan fingerprint density at radius 1 is 1.56 bits per heavy atom. The number of aryl methyl sites for hydroxylation is 2. The molecule has 1 aromatic heterocycles. The number of nitrogens with one attached hydrogen (secondary N) is 1. The van der Waals surface area contributed by atoms with Crippen LogP contribution in [-0.4, -0.2) is 29.5 Å². The van der Waals surface area contributed by atoms with E-state index in [1.54, 1.807) is 0 Å². The molecule has 0 amide bonds. The van der Waals surface area contributed by atoms with Crippen LogP contribution in [-0.2, 0) is 17.8 Å². The van der Waals surface area contributed by atoms with Crippen LogP contribution in [0.4, 0.5) is 0 Å². The molecular weight excluding hydrogens is 294 g/mol. The molecule has 0 radical (unpaired) electrons. The van der Waals surface area contributed by atoms with Crippen LogP contribution in [0.5, 0.6) is 0 Å². The first-order chi connectivity index (χ1) is 8.72. The van der Waals surface area contributed by atoms with Gasteiger partial charge in [0.25, 0.3) is 0 Å². The van der Waals surface area contributed by atoms with Gasteiger partial charge in [-0.25, -0.2) is 0 Å². The van der Waals surface area contributed by atoms with Crippen LogP contribution in [0, 0.1) is 12.8 Å². The molecule has 18 heavy (non-hydrogen) atoms. The normalized spacial score (nSPS) is 20.3. The summed E-state index contributed by atoms with van der Waals surface area (Å²) in [5.41, 5.74) is 2.31. The van der Waals surface area contributed by atoms with Gasteiger partial charge in [-0.1, -0.05) is 0 Å². The quantitative estimate of drug-likeness (QED) is 0.907. The topological polar surface area (TPSA) is 39.1 Å². The Hall–Kier alpha value is -0.390. The van der Waals surface area contributed by atoms with Gasteiger partial charge in [-0.15, -0.1) is 0 Å². The smallest absolute Gasteiger partial charge is 0.0739 e. The van der Waals surface area contributed by atoms with E-state index in [-0.39, 0.29) is 0 Å². The lowest BCUT2D eigenvalue weighted by Gasteiger charge is -2.22. The first-order valence-corrected chi connectivity index (χ1v) is 7.52. The summed E-state index contributed by atoms with van der Waals surface area (Å²) >= 11 is 3.62. The van der Waals surface area contributed by atoms with Gasteiger partial charge in [0.1, 0.15) is 0 Å². The maximum absolute atomic E-state index is 5.49. The second-order valence-corrected chi connectivity index (χ2v) is 5.67. The average Bonchev–Trinajstić information content (AvgIpc) is 2.67. The highest BCUT2D eigenvalue weighted by atomic mass is 79.9. The van der Waals surface area contributed by atoms with Gasteiger partial charge >= 0.3 is 0 Å². The van der Waals surface area contributed by atoms with Gasteiger partial charge in [0.15, 0.2) is 0 Å². The number of hydrogen-bond acceptors (Lipinski definition) is 3. The fourth-order valence-corrected chi connectivity index (χ4v) is 2.83. The molecule has 1 unspecified atom stereocenters. The molecule has 0 aliphatic carbocycles. The number of ether oxygens (including phenoxy) is 1. The van der Waals surface area contributed by atoms with E-state index in [1.807, 2.05) is 6.92 Å². The van der Waals surface area contributed by atoms with Gasteiger partial charge in [-0.2, -0.15) is 5.10 Å². The zero-order chi connectivity index (χ0) is 13.0. The summed E-state index contributed by atoms with van der Waals surface area (Å²) in [5, 5.41) is 8.03. The van der Waals surface area contributed by atoms with Crippen molar-refractivity contribution in [3.63, 3.8) is 0 Å². The van der Waals surface area contributed by atoms with E-state index in [1.165, 1.54) is 18.5 Å². The van der Waals surface area contributed by atoms with Crippen molar-refractivity contribution < 1.29 is 4.74 Å². The number of hydrogen-bond donors (Lipinski definition) is 1. The number of halogens is 1. The van der Waals surface area contributed by atoms with Crippen molar-refractivity contribution in [1.82, 2.24) is 15.1 Å². The van der Waals surface area contributed by atoms with Crippen molar-refractivity contribution in [1.29, 1.82) is 0 Å². The predicted octanol–water partition coefficient (Wildman–Crippen LogP) is 2.49. The maximum Gasteiger partial charge on any atom is 0.0739 e. The second-order valence-electron chi connectivity index (χ2n) is 4.88. The summed E-state index contributed by atoms with van der Waals surface area (Å²) in [5.74, 6) is 0.664. The van der Waals surface area contributed by atoms with Gasteiger partial charge in [-0.3, -0.25) is 4.68 Å². The summed E-state index contributed by atoms with van der Waals surface area (Å²) in [4.78, 5) is 0. The van der Waals surface area contributed by atoms with Gasteiger partial charge in [0.05, 0.1) is 22.5 Å². The van der Waals surface area contributed by atoms with Gasteiger partial charge in [0, 0.05) is 26.2 Å². The van der Waals surface area contributed by atoms with E-state index in [0.29, 0.717) is 5.92 Å². The largest absolute Gasteiger partial charge is 0.381 e. The van der Waals surface area contributed by atoms with Crippen LogP contribution >= 0.6 is 15.9 Å². The molecular formula is C13H22BrN3O. The molecule has 1 atom stereocenters. The Morgan fingerprint density at radius 2 is 2.39 bits per heavy atom. The lowest BCUT2D eigenvalue weighted by atomic mass is 10.0. The molecule has 1 aliphatic heterocycles. The molecule has 0 bridgehead atoms.